The van der Waals surface area contributed by atoms with Gasteiger partial charge in [0.25, 0.3) is 10.0 Å². The lowest BCUT2D eigenvalue weighted by Crippen LogP contribution is -2.56. The Hall–Kier alpha value is -3.70. The van der Waals surface area contributed by atoms with Crippen molar-refractivity contribution >= 4 is 50.1 Å². The van der Waals surface area contributed by atoms with Gasteiger partial charge in [-0.2, -0.15) is 0 Å². The van der Waals surface area contributed by atoms with Crippen LogP contribution in [0.4, 0.5) is 5.69 Å². The van der Waals surface area contributed by atoms with Crippen LogP contribution >= 0.6 is 22.6 Å². The van der Waals surface area contributed by atoms with Gasteiger partial charge in [0, 0.05) is 22.1 Å². The highest BCUT2D eigenvalue weighted by atomic mass is 127. The molecule has 0 aromatic heterocycles. The maximum Gasteiger partial charge on any atom is 0.264 e. The smallest absolute Gasteiger partial charge is 0.264 e. The minimum absolute atomic E-state index is 0.0723. The molecule has 230 valence electrons. The predicted molar refractivity (Wildman–Crippen MR) is 184 cm³/mol. The maximum atomic E-state index is 14.5. The average molecular weight is 724 g/mol. The summed E-state index contributed by atoms with van der Waals surface area (Å²) in [5, 5.41) is 3.06. The normalized spacial score (nSPS) is 12.3. The second-order valence-corrected chi connectivity index (χ2v) is 14.8. The van der Waals surface area contributed by atoms with Gasteiger partial charge < -0.3 is 10.2 Å². The largest absolute Gasteiger partial charge is 0.350 e. The third-order valence-electron chi connectivity index (χ3n) is 7.10. The van der Waals surface area contributed by atoms with E-state index in [0.29, 0.717) is 5.69 Å². The SMILES string of the molecule is Cc1ccccc1CN(C(=O)CN(c1ccc(I)cc1)S(=O)(=O)c1ccccc1)C(Cc1ccccc1)C(=O)NC(C)(C)C. The van der Waals surface area contributed by atoms with Gasteiger partial charge in [0.05, 0.1) is 10.6 Å². The van der Waals surface area contributed by atoms with E-state index in [4.69, 9.17) is 0 Å². The molecule has 0 heterocycles. The first-order chi connectivity index (χ1) is 20.8. The number of benzene rings is 4. The van der Waals surface area contributed by atoms with E-state index in [1.54, 1.807) is 42.5 Å². The van der Waals surface area contributed by atoms with Crippen molar-refractivity contribution in [1.82, 2.24) is 10.2 Å². The van der Waals surface area contributed by atoms with Gasteiger partial charge in [-0.3, -0.25) is 13.9 Å². The standard InChI is InChI=1S/C35H38IN3O4S/c1-26-13-11-12-16-28(26)24-38(32(34(41)37-35(2,3)4)23-27-14-7-5-8-15-27)33(40)25-39(30-21-19-29(36)20-22-30)44(42,43)31-17-9-6-10-18-31/h5-22,32H,23-25H2,1-4H3,(H,37,41). The lowest BCUT2D eigenvalue weighted by Gasteiger charge is -2.35. The molecule has 0 aliphatic rings. The van der Waals surface area contributed by atoms with Crippen molar-refractivity contribution in [3.63, 3.8) is 0 Å². The predicted octanol–water partition coefficient (Wildman–Crippen LogP) is 6.35. The first kappa shape index (κ1) is 33.2. The molecule has 4 aromatic rings. The average Bonchev–Trinajstić information content (AvgIpc) is 2.99. The highest BCUT2D eigenvalue weighted by Gasteiger charge is 2.35. The minimum atomic E-state index is -4.13. The van der Waals surface area contributed by atoms with Gasteiger partial charge >= 0.3 is 0 Å². The number of hydrogen-bond donors (Lipinski definition) is 1. The topological polar surface area (TPSA) is 86.8 Å². The number of amides is 2. The van der Waals surface area contributed by atoms with Crippen LogP contribution in [0.3, 0.4) is 0 Å². The maximum absolute atomic E-state index is 14.5. The van der Waals surface area contributed by atoms with Gasteiger partial charge in [-0.05, 0) is 103 Å². The van der Waals surface area contributed by atoms with Crippen LogP contribution in [0, 0.1) is 10.5 Å². The fourth-order valence-corrected chi connectivity index (χ4v) is 6.63. The highest BCUT2D eigenvalue weighted by molar-refractivity contribution is 14.1. The molecule has 0 saturated carbocycles. The van der Waals surface area contributed by atoms with Crippen LogP contribution in [0.5, 0.6) is 0 Å². The molecular weight excluding hydrogens is 685 g/mol. The van der Waals surface area contributed by atoms with Crippen LogP contribution in [0.2, 0.25) is 0 Å². The van der Waals surface area contributed by atoms with Crippen LogP contribution in [-0.2, 0) is 32.6 Å². The van der Waals surface area contributed by atoms with E-state index in [1.807, 2.05) is 82.3 Å². The van der Waals surface area contributed by atoms with Crippen LogP contribution in [0.1, 0.15) is 37.5 Å². The first-order valence-electron chi connectivity index (χ1n) is 14.4. The van der Waals surface area contributed by atoms with Gasteiger partial charge in [-0.1, -0.05) is 72.8 Å². The van der Waals surface area contributed by atoms with Crippen molar-refractivity contribution in [3.8, 4) is 0 Å². The van der Waals surface area contributed by atoms with Crippen molar-refractivity contribution in [1.29, 1.82) is 0 Å². The Kier molecular flexibility index (Phi) is 10.9. The Balaban J connectivity index is 1.82. The summed E-state index contributed by atoms with van der Waals surface area (Å²) in [6.07, 6.45) is 0.259. The summed E-state index contributed by atoms with van der Waals surface area (Å²) in [6, 6.07) is 31.4. The van der Waals surface area contributed by atoms with Crippen molar-refractivity contribution in [3.05, 3.63) is 129 Å². The zero-order valence-electron chi connectivity index (χ0n) is 25.4. The molecule has 9 heteroatoms. The number of carbonyl (C=O) groups excluding carboxylic acids is 2. The minimum Gasteiger partial charge on any atom is -0.350 e. The summed E-state index contributed by atoms with van der Waals surface area (Å²) in [5.74, 6) is -0.800. The van der Waals surface area contributed by atoms with Crippen LogP contribution < -0.4 is 9.62 Å². The molecule has 0 saturated heterocycles. The highest BCUT2D eigenvalue weighted by Crippen LogP contribution is 2.26. The number of aryl methyl sites for hydroxylation is 1. The first-order valence-corrected chi connectivity index (χ1v) is 16.9. The number of nitrogens with one attached hydrogen (secondary N) is 1. The van der Waals surface area contributed by atoms with Gasteiger partial charge in [-0.15, -0.1) is 0 Å². The Morgan fingerprint density at radius 1 is 0.818 bits per heavy atom. The van der Waals surface area contributed by atoms with E-state index < -0.39 is 34.1 Å². The summed E-state index contributed by atoms with van der Waals surface area (Å²) >= 11 is 2.15. The van der Waals surface area contributed by atoms with E-state index in [9.17, 15) is 18.0 Å². The van der Waals surface area contributed by atoms with Gasteiger partial charge in [-0.25, -0.2) is 8.42 Å². The molecular formula is C35H38IN3O4S. The third-order valence-corrected chi connectivity index (χ3v) is 9.60. The van der Waals surface area contributed by atoms with Crippen molar-refractivity contribution in [2.45, 2.75) is 57.1 Å². The lowest BCUT2D eigenvalue weighted by molar-refractivity contribution is -0.140. The van der Waals surface area contributed by atoms with Crippen LogP contribution in [0.25, 0.3) is 0 Å². The summed E-state index contributed by atoms with van der Waals surface area (Å²) < 4.78 is 30.1. The molecule has 1 unspecified atom stereocenters. The Morgan fingerprint density at radius 3 is 1.98 bits per heavy atom. The Bertz CT molecular complexity index is 1670. The lowest BCUT2D eigenvalue weighted by atomic mass is 10.00. The number of anilines is 1. The van der Waals surface area contributed by atoms with Crippen molar-refractivity contribution in [2.75, 3.05) is 10.8 Å². The van der Waals surface area contributed by atoms with Gasteiger partial charge in [0.15, 0.2) is 0 Å². The molecule has 0 aliphatic carbocycles. The van der Waals surface area contributed by atoms with Crippen molar-refractivity contribution < 1.29 is 18.0 Å². The number of halogens is 1. The summed E-state index contributed by atoms with van der Waals surface area (Å²) in [7, 11) is -4.13. The Labute approximate surface area is 274 Å². The van der Waals surface area contributed by atoms with E-state index in [2.05, 4.69) is 27.9 Å². The number of carbonyl (C=O) groups is 2. The molecule has 4 aromatic carbocycles. The molecule has 1 atom stereocenters. The number of hydrogen-bond acceptors (Lipinski definition) is 4. The number of sulfonamides is 1. The van der Waals surface area contributed by atoms with Crippen LogP contribution in [-0.4, -0.2) is 43.3 Å². The van der Waals surface area contributed by atoms with Crippen molar-refractivity contribution in [2.24, 2.45) is 0 Å². The van der Waals surface area contributed by atoms with E-state index in [1.165, 1.54) is 17.0 Å². The summed E-state index contributed by atoms with van der Waals surface area (Å²) in [5.41, 5.74) is 2.53. The Morgan fingerprint density at radius 2 is 1.39 bits per heavy atom. The summed E-state index contributed by atoms with van der Waals surface area (Å²) in [6.45, 7) is 7.27. The number of nitrogens with zero attached hydrogens (tertiary/aromatic N) is 2. The fraction of sp³-hybridized carbons (Fsp3) is 0.257. The van der Waals surface area contributed by atoms with Gasteiger partial charge in [0.2, 0.25) is 11.8 Å². The van der Waals surface area contributed by atoms with E-state index in [0.717, 1.165) is 24.6 Å². The molecule has 4 rings (SSSR count). The summed E-state index contributed by atoms with van der Waals surface area (Å²) in [4.78, 5) is 30.1. The van der Waals surface area contributed by atoms with Crippen LogP contribution in [0.15, 0.2) is 114 Å². The molecule has 0 bridgehead atoms. The van der Waals surface area contributed by atoms with Gasteiger partial charge in [0.1, 0.15) is 12.6 Å². The molecule has 1 N–H and O–H groups in total. The molecule has 0 aliphatic heterocycles. The fourth-order valence-electron chi connectivity index (χ4n) is 4.83. The molecule has 0 fully saturated rings. The monoisotopic (exact) mass is 723 g/mol. The molecule has 2 amide bonds. The molecule has 0 spiro atoms. The van der Waals surface area contributed by atoms with E-state index >= 15 is 0 Å². The molecule has 0 radical (unpaired) electrons. The third kappa shape index (κ3) is 8.69. The second-order valence-electron chi connectivity index (χ2n) is 11.7. The zero-order valence-corrected chi connectivity index (χ0v) is 28.4. The quantitative estimate of drug-likeness (QED) is 0.183. The molecule has 44 heavy (non-hydrogen) atoms. The molecule has 7 nitrogen and oxygen atoms in total. The zero-order chi connectivity index (χ0) is 31.9. The second kappa shape index (κ2) is 14.4. The van der Waals surface area contributed by atoms with E-state index in [-0.39, 0.29) is 23.8 Å². The number of rotatable bonds is 11.